The number of aromatic nitrogens is 3. The molecule has 0 spiro atoms. The summed E-state index contributed by atoms with van der Waals surface area (Å²) in [6.45, 7) is 4.15. The molecule has 0 aliphatic rings. The molecule has 1 N–H and O–H groups in total. The third kappa shape index (κ3) is 2.25. The maximum atomic E-state index is 4.65. The number of hydrogen-bond donors (Lipinski definition) is 1. The lowest BCUT2D eigenvalue weighted by Crippen LogP contribution is -2.11. The van der Waals surface area contributed by atoms with Crippen molar-refractivity contribution in [3.63, 3.8) is 0 Å². The predicted octanol–water partition coefficient (Wildman–Crippen LogP) is 3.45. The van der Waals surface area contributed by atoms with Crippen LogP contribution in [0.2, 0.25) is 0 Å². The van der Waals surface area contributed by atoms with Crippen LogP contribution in [0.1, 0.15) is 24.4 Å². The number of aryl methyl sites for hydroxylation is 2. The maximum Gasteiger partial charge on any atom is 0.0936 e. The molecule has 0 amide bonds. The second-order valence-corrected chi connectivity index (χ2v) is 5.08. The monoisotopic (exact) mass is 266 g/mol. The van der Waals surface area contributed by atoms with E-state index in [1.807, 2.05) is 37.0 Å². The van der Waals surface area contributed by atoms with Crippen LogP contribution in [0, 0.1) is 6.92 Å². The molecular weight excluding hydrogens is 248 g/mol. The SMILES string of the molecule is Cc1ccc2cccc(NC(C)c3ccnn3C)c2n1. The van der Waals surface area contributed by atoms with E-state index >= 15 is 0 Å². The molecule has 102 valence electrons. The molecule has 0 radical (unpaired) electrons. The van der Waals surface area contributed by atoms with Gasteiger partial charge in [-0.15, -0.1) is 0 Å². The average molecular weight is 266 g/mol. The highest BCUT2D eigenvalue weighted by Crippen LogP contribution is 2.25. The van der Waals surface area contributed by atoms with Gasteiger partial charge in [0.25, 0.3) is 0 Å². The number of anilines is 1. The summed E-state index contributed by atoms with van der Waals surface area (Å²) in [5, 5.41) is 8.90. The van der Waals surface area contributed by atoms with Gasteiger partial charge < -0.3 is 5.32 Å². The molecule has 20 heavy (non-hydrogen) atoms. The van der Waals surface area contributed by atoms with Gasteiger partial charge in [-0.2, -0.15) is 5.10 Å². The van der Waals surface area contributed by atoms with E-state index in [9.17, 15) is 0 Å². The fourth-order valence-corrected chi connectivity index (χ4v) is 2.48. The van der Waals surface area contributed by atoms with E-state index in [-0.39, 0.29) is 6.04 Å². The van der Waals surface area contributed by atoms with Gasteiger partial charge in [-0.25, -0.2) is 0 Å². The molecule has 3 rings (SSSR count). The number of fused-ring (bicyclic) bond motifs is 1. The summed E-state index contributed by atoms with van der Waals surface area (Å²) in [6, 6.07) is 12.6. The first-order chi connectivity index (χ1) is 9.65. The minimum absolute atomic E-state index is 0.176. The second kappa shape index (κ2) is 4.96. The van der Waals surface area contributed by atoms with Crippen LogP contribution < -0.4 is 5.32 Å². The summed E-state index contributed by atoms with van der Waals surface area (Å²) in [5.74, 6) is 0. The van der Waals surface area contributed by atoms with Crippen LogP contribution in [0.25, 0.3) is 10.9 Å². The zero-order valence-corrected chi connectivity index (χ0v) is 12.0. The van der Waals surface area contributed by atoms with Crippen LogP contribution in [-0.4, -0.2) is 14.8 Å². The molecule has 2 aromatic heterocycles. The number of nitrogens with one attached hydrogen (secondary N) is 1. The number of para-hydroxylation sites is 1. The van der Waals surface area contributed by atoms with Crippen molar-refractivity contribution >= 4 is 16.6 Å². The van der Waals surface area contributed by atoms with Crippen LogP contribution in [-0.2, 0) is 7.05 Å². The number of pyridine rings is 1. The van der Waals surface area contributed by atoms with Crippen LogP contribution in [0.3, 0.4) is 0 Å². The molecule has 3 aromatic rings. The summed E-state index contributed by atoms with van der Waals surface area (Å²) < 4.78 is 1.89. The Balaban J connectivity index is 1.98. The largest absolute Gasteiger partial charge is 0.375 e. The Kier molecular flexibility index (Phi) is 3.14. The zero-order chi connectivity index (χ0) is 14.1. The highest BCUT2D eigenvalue weighted by molar-refractivity contribution is 5.90. The molecule has 0 aliphatic heterocycles. The second-order valence-electron chi connectivity index (χ2n) is 5.08. The molecule has 1 atom stereocenters. The van der Waals surface area contributed by atoms with E-state index in [1.165, 1.54) is 0 Å². The third-order valence-corrected chi connectivity index (χ3v) is 3.53. The highest BCUT2D eigenvalue weighted by Gasteiger charge is 2.11. The van der Waals surface area contributed by atoms with E-state index in [1.54, 1.807) is 0 Å². The van der Waals surface area contributed by atoms with Crippen LogP contribution in [0.5, 0.6) is 0 Å². The van der Waals surface area contributed by atoms with Gasteiger partial charge in [-0.05, 0) is 32.0 Å². The molecule has 1 aromatic carbocycles. The van der Waals surface area contributed by atoms with Crippen molar-refractivity contribution in [3.8, 4) is 0 Å². The molecule has 1 unspecified atom stereocenters. The molecule has 4 heteroatoms. The maximum absolute atomic E-state index is 4.65. The van der Waals surface area contributed by atoms with Crippen LogP contribution in [0.15, 0.2) is 42.6 Å². The van der Waals surface area contributed by atoms with Crippen molar-refractivity contribution < 1.29 is 0 Å². The molecule has 0 fully saturated rings. The van der Waals surface area contributed by atoms with Gasteiger partial charge in [0.1, 0.15) is 0 Å². The van der Waals surface area contributed by atoms with Gasteiger partial charge in [-0.1, -0.05) is 18.2 Å². The van der Waals surface area contributed by atoms with E-state index in [2.05, 4.69) is 46.6 Å². The fourth-order valence-electron chi connectivity index (χ4n) is 2.48. The Morgan fingerprint density at radius 3 is 2.75 bits per heavy atom. The third-order valence-electron chi connectivity index (χ3n) is 3.53. The summed E-state index contributed by atoms with van der Waals surface area (Å²) >= 11 is 0. The lowest BCUT2D eigenvalue weighted by Gasteiger charge is -2.17. The van der Waals surface area contributed by atoms with E-state index in [0.717, 1.165) is 28.0 Å². The van der Waals surface area contributed by atoms with Crippen molar-refractivity contribution in [1.29, 1.82) is 0 Å². The lowest BCUT2D eigenvalue weighted by atomic mass is 10.1. The van der Waals surface area contributed by atoms with Crippen LogP contribution >= 0.6 is 0 Å². The molecule has 0 bridgehead atoms. The van der Waals surface area contributed by atoms with Crippen molar-refractivity contribution in [3.05, 3.63) is 54.0 Å². The molecule has 0 saturated carbocycles. The van der Waals surface area contributed by atoms with Gasteiger partial charge in [0.2, 0.25) is 0 Å². The average Bonchev–Trinajstić information content (AvgIpc) is 2.86. The van der Waals surface area contributed by atoms with E-state index in [0.29, 0.717) is 0 Å². The van der Waals surface area contributed by atoms with Crippen molar-refractivity contribution in [2.45, 2.75) is 19.9 Å². The van der Waals surface area contributed by atoms with Gasteiger partial charge in [0.15, 0.2) is 0 Å². The van der Waals surface area contributed by atoms with E-state index < -0.39 is 0 Å². The lowest BCUT2D eigenvalue weighted by molar-refractivity contribution is 0.676. The first kappa shape index (κ1) is 12.7. The van der Waals surface area contributed by atoms with Gasteiger partial charge >= 0.3 is 0 Å². The standard InChI is InChI=1S/C16H18N4/c1-11-7-8-13-5-4-6-14(16(13)18-11)19-12(2)15-9-10-17-20(15)3/h4-10,12,19H,1-3H3. The molecule has 0 aliphatic carbocycles. The van der Waals surface area contributed by atoms with Crippen molar-refractivity contribution in [2.24, 2.45) is 7.05 Å². The van der Waals surface area contributed by atoms with Crippen LogP contribution in [0.4, 0.5) is 5.69 Å². The number of hydrogen-bond acceptors (Lipinski definition) is 3. The fraction of sp³-hybridized carbons (Fsp3) is 0.250. The Hall–Kier alpha value is -2.36. The van der Waals surface area contributed by atoms with Gasteiger partial charge in [0.05, 0.1) is 22.9 Å². The van der Waals surface area contributed by atoms with E-state index in [4.69, 9.17) is 0 Å². The predicted molar refractivity (Wildman–Crippen MR) is 81.7 cm³/mol. The van der Waals surface area contributed by atoms with Gasteiger partial charge in [-0.3, -0.25) is 9.67 Å². The summed E-state index contributed by atoms with van der Waals surface area (Å²) in [4.78, 5) is 4.65. The smallest absolute Gasteiger partial charge is 0.0936 e. The minimum atomic E-state index is 0.176. The minimum Gasteiger partial charge on any atom is -0.375 e. The Morgan fingerprint density at radius 2 is 2.00 bits per heavy atom. The van der Waals surface area contributed by atoms with Crippen molar-refractivity contribution in [2.75, 3.05) is 5.32 Å². The topological polar surface area (TPSA) is 42.7 Å². The normalized spacial score (nSPS) is 12.6. The van der Waals surface area contributed by atoms with Crippen molar-refractivity contribution in [1.82, 2.24) is 14.8 Å². The van der Waals surface area contributed by atoms with Gasteiger partial charge in [0, 0.05) is 24.3 Å². The quantitative estimate of drug-likeness (QED) is 0.789. The summed E-state index contributed by atoms with van der Waals surface area (Å²) in [6.07, 6.45) is 1.82. The number of rotatable bonds is 3. The number of nitrogens with zero attached hydrogens (tertiary/aromatic N) is 3. The summed E-state index contributed by atoms with van der Waals surface area (Å²) in [7, 11) is 1.96. The molecule has 0 saturated heterocycles. The zero-order valence-electron chi connectivity index (χ0n) is 12.0. The first-order valence-corrected chi connectivity index (χ1v) is 6.76. The first-order valence-electron chi connectivity index (χ1n) is 6.76. The Bertz CT molecular complexity index is 745. The summed E-state index contributed by atoms with van der Waals surface area (Å²) in [5.41, 5.74) is 4.25. The molecule has 4 nitrogen and oxygen atoms in total. The Labute approximate surface area is 118 Å². The molecule has 2 heterocycles. The highest BCUT2D eigenvalue weighted by atomic mass is 15.3. The Morgan fingerprint density at radius 1 is 1.15 bits per heavy atom. The molecular formula is C16H18N4. The number of benzene rings is 1.